The molecule has 3 rings (SSSR count). The number of methoxy groups -OCH3 is 1. The van der Waals surface area contributed by atoms with Crippen LogP contribution in [0, 0.1) is 5.92 Å². The third-order valence-corrected chi connectivity index (χ3v) is 4.49. The molecule has 1 aromatic carbocycles. The fourth-order valence-electron chi connectivity index (χ4n) is 2.73. The van der Waals surface area contributed by atoms with Crippen LogP contribution in [-0.4, -0.2) is 41.9 Å². The molecule has 1 fully saturated rings. The molecule has 0 N–H and O–H groups in total. The largest absolute Gasteiger partial charge is 0.493 e. The van der Waals surface area contributed by atoms with Crippen LogP contribution >= 0.6 is 0 Å². The van der Waals surface area contributed by atoms with E-state index in [9.17, 15) is 8.78 Å². The average Bonchev–Trinajstić information content (AvgIpc) is 3.33. The van der Waals surface area contributed by atoms with Crippen LogP contribution in [0.5, 0.6) is 11.5 Å². The van der Waals surface area contributed by atoms with Gasteiger partial charge in [-0.1, -0.05) is 5.16 Å². The molecule has 0 aliphatic heterocycles. The van der Waals surface area contributed by atoms with E-state index in [4.69, 9.17) is 9.26 Å². The number of aromatic nitrogens is 2. The van der Waals surface area contributed by atoms with Gasteiger partial charge >= 0.3 is 6.61 Å². The van der Waals surface area contributed by atoms with Gasteiger partial charge in [-0.15, -0.1) is 0 Å². The highest BCUT2D eigenvalue weighted by atomic mass is 19.3. The van der Waals surface area contributed by atoms with E-state index in [1.54, 1.807) is 12.1 Å². The zero-order chi connectivity index (χ0) is 18.0. The van der Waals surface area contributed by atoms with Crippen molar-refractivity contribution in [1.82, 2.24) is 15.0 Å². The summed E-state index contributed by atoms with van der Waals surface area (Å²) in [5.41, 5.74) is 0.603. The second-order valence-corrected chi connectivity index (χ2v) is 6.25. The Labute approximate surface area is 144 Å². The second-order valence-electron chi connectivity index (χ2n) is 6.25. The first-order chi connectivity index (χ1) is 12.0. The molecule has 1 aromatic heterocycles. The van der Waals surface area contributed by atoms with Gasteiger partial charge in [0, 0.05) is 11.6 Å². The van der Waals surface area contributed by atoms with Gasteiger partial charge in [0.25, 0.3) is 0 Å². The van der Waals surface area contributed by atoms with Crippen molar-refractivity contribution in [3.8, 4) is 22.9 Å². The minimum absolute atomic E-state index is 0.0389. The molecule has 1 aliphatic carbocycles. The predicted molar refractivity (Wildman–Crippen MR) is 86.6 cm³/mol. The number of nitrogens with zero attached hydrogens (tertiary/aromatic N) is 3. The first-order valence-electron chi connectivity index (χ1n) is 8.14. The molecule has 25 heavy (non-hydrogen) atoms. The highest BCUT2D eigenvalue weighted by Crippen LogP contribution is 2.35. The third-order valence-electron chi connectivity index (χ3n) is 4.49. The van der Waals surface area contributed by atoms with Crippen molar-refractivity contribution >= 4 is 0 Å². The summed E-state index contributed by atoms with van der Waals surface area (Å²) in [5, 5.41) is 3.97. The summed E-state index contributed by atoms with van der Waals surface area (Å²) in [4.78, 5) is 6.57. The van der Waals surface area contributed by atoms with Gasteiger partial charge in [-0.3, -0.25) is 4.90 Å². The third kappa shape index (κ3) is 4.25. The van der Waals surface area contributed by atoms with Crippen molar-refractivity contribution in [3.05, 3.63) is 24.1 Å². The highest BCUT2D eigenvalue weighted by Gasteiger charge is 2.31. The number of hydrogen-bond acceptors (Lipinski definition) is 6. The van der Waals surface area contributed by atoms with Crippen molar-refractivity contribution in [3.63, 3.8) is 0 Å². The topological polar surface area (TPSA) is 60.6 Å². The van der Waals surface area contributed by atoms with Gasteiger partial charge in [-0.2, -0.15) is 13.8 Å². The molecule has 1 saturated carbocycles. The minimum atomic E-state index is -2.92. The number of ether oxygens (including phenoxy) is 2. The molecule has 2 aromatic rings. The Kier molecular flexibility index (Phi) is 5.17. The number of hydrogen-bond donors (Lipinski definition) is 0. The van der Waals surface area contributed by atoms with Gasteiger partial charge in [0.2, 0.25) is 11.7 Å². The summed E-state index contributed by atoms with van der Waals surface area (Å²) in [6, 6.07) is 5.01. The Morgan fingerprint density at radius 1 is 1.32 bits per heavy atom. The molecule has 8 heteroatoms. The number of alkyl halides is 2. The molecule has 0 amide bonds. The maximum absolute atomic E-state index is 12.4. The zero-order valence-corrected chi connectivity index (χ0v) is 14.4. The Hall–Kier alpha value is -2.22. The van der Waals surface area contributed by atoms with E-state index >= 15 is 0 Å². The normalized spacial score (nSPS) is 15.6. The summed E-state index contributed by atoms with van der Waals surface area (Å²) in [6.07, 6.45) is 2.54. The van der Waals surface area contributed by atoms with Crippen molar-refractivity contribution < 1.29 is 22.8 Å². The van der Waals surface area contributed by atoms with E-state index in [0.717, 1.165) is 5.92 Å². The van der Waals surface area contributed by atoms with Crippen LogP contribution < -0.4 is 9.47 Å². The molecule has 1 aliphatic rings. The lowest BCUT2D eigenvalue weighted by atomic mass is 10.2. The van der Waals surface area contributed by atoms with E-state index in [1.165, 1.54) is 26.0 Å². The van der Waals surface area contributed by atoms with E-state index < -0.39 is 6.61 Å². The van der Waals surface area contributed by atoms with E-state index in [2.05, 4.69) is 26.7 Å². The molecule has 0 radical (unpaired) electrons. The SMILES string of the molecule is COc1cc(-c2noc(CN(C)C(C)C3CC3)n2)ccc1OC(F)F. The van der Waals surface area contributed by atoms with Gasteiger partial charge < -0.3 is 14.0 Å². The molecule has 6 nitrogen and oxygen atoms in total. The summed E-state index contributed by atoms with van der Waals surface area (Å²) in [6.45, 7) is -0.156. The lowest BCUT2D eigenvalue weighted by Crippen LogP contribution is -2.30. The van der Waals surface area contributed by atoms with E-state index in [0.29, 0.717) is 29.9 Å². The Balaban J connectivity index is 1.72. The maximum Gasteiger partial charge on any atom is 0.387 e. The van der Waals surface area contributed by atoms with Crippen LogP contribution in [-0.2, 0) is 6.54 Å². The Morgan fingerprint density at radius 3 is 2.72 bits per heavy atom. The van der Waals surface area contributed by atoms with E-state index in [-0.39, 0.29) is 11.5 Å². The Morgan fingerprint density at radius 2 is 2.08 bits per heavy atom. The molecular weight excluding hydrogens is 332 g/mol. The van der Waals surface area contributed by atoms with E-state index in [1.807, 2.05) is 7.05 Å². The van der Waals surface area contributed by atoms with Gasteiger partial charge in [0.1, 0.15) is 0 Å². The van der Waals surface area contributed by atoms with Gasteiger partial charge in [-0.05, 0) is 50.9 Å². The monoisotopic (exact) mass is 353 g/mol. The zero-order valence-electron chi connectivity index (χ0n) is 14.4. The van der Waals surface area contributed by atoms with Gasteiger partial charge in [-0.25, -0.2) is 0 Å². The molecule has 0 bridgehead atoms. The Bertz CT molecular complexity index is 719. The van der Waals surface area contributed by atoms with Gasteiger partial charge in [0.05, 0.1) is 13.7 Å². The first-order valence-corrected chi connectivity index (χ1v) is 8.14. The molecule has 1 atom stereocenters. The average molecular weight is 353 g/mol. The van der Waals surface area contributed by atoms with Crippen molar-refractivity contribution in [2.75, 3.05) is 14.2 Å². The summed E-state index contributed by atoms with van der Waals surface area (Å²) < 4.78 is 39.6. The molecule has 0 saturated heterocycles. The number of halogens is 2. The van der Waals surface area contributed by atoms with Crippen molar-refractivity contribution in [1.29, 1.82) is 0 Å². The van der Waals surface area contributed by atoms with Crippen LogP contribution in [0.1, 0.15) is 25.7 Å². The summed E-state index contributed by atoms with van der Waals surface area (Å²) in [5.74, 6) is 1.78. The van der Waals surface area contributed by atoms with Crippen molar-refractivity contribution in [2.45, 2.75) is 39.0 Å². The van der Waals surface area contributed by atoms with Crippen LogP contribution in [0.15, 0.2) is 22.7 Å². The van der Waals surface area contributed by atoms with Crippen LogP contribution in [0.3, 0.4) is 0 Å². The van der Waals surface area contributed by atoms with Crippen LogP contribution in [0.2, 0.25) is 0 Å². The maximum atomic E-state index is 12.4. The highest BCUT2D eigenvalue weighted by molar-refractivity contribution is 5.60. The second kappa shape index (κ2) is 7.35. The quantitative estimate of drug-likeness (QED) is 0.723. The first kappa shape index (κ1) is 17.6. The van der Waals surface area contributed by atoms with Gasteiger partial charge in [0.15, 0.2) is 11.5 Å². The lowest BCUT2D eigenvalue weighted by Gasteiger charge is -2.22. The predicted octanol–water partition coefficient (Wildman–Crippen LogP) is 3.58. The minimum Gasteiger partial charge on any atom is -0.493 e. The molecule has 136 valence electrons. The fraction of sp³-hybridized carbons (Fsp3) is 0.529. The molecule has 1 unspecified atom stereocenters. The summed E-state index contributed by atoms with van der Waals surface area (Å²) in [7, 11) is 3.42. The van der Waals surface area contributed by atoms with Crippen LogP contribution in [0.4, 0.5) is 8.78 Å². The number of benzene rings is 1. The molecule has 0 spiro atoms. The smallest absolute Gasteiger partial charge is 0.387 e. The number of rotatable bonds is 8. The van der Waals surface area contributed by atoms with Crippen LogP contribution in [0.25, 0.3) is 11.4 Å². The molecule has 1 heterocycles. The van der Waals surface area contributed by atoms with Crippen molar-refractivity contribution in [2.24, 2.45) is 5.92 Å². The molecular formula is C17H21F2N3O3. The fourth-order valence-corrected chi connectivity index (χ4v) is 2.73. The lowest BCUT2D eigenvalue weighted by molar-refractivity contribution is -0.0512. The summed E-state index contributed by atoms with van der Waals surface area (Å²) >= 11 is 0. The standard InChI is InChI=1S/C17H21F2N3O3/c1-10(11-4-5-11)22(2)9-15-20-16(21-25-15)12-6-7-13(24-17(18)19)14(8-12)23-3/h6-8,10-11,17H,4-5,9H2,1-3H3.